The molecular weight excluding hydrogens is 505 g/mol. The predicted molar refractivity (Wildman–Crippen MR) is 130 cm³/mol. The highest BCUT2D eigenvalue weighted by Crippen LogP contribution is 2.36. The van der Waals surface area contributed by atoms with Gasteiger partial charge in [0.05, 0.1) is 22.3 Å². The summed E-state index contributed by atoms with van der Waals surface area (Å²) < 4.78 is 46.4. The van der Waals surface area contributed by atoms with Crippen molar-refractivity contribution in [1.29, 1.82) is 0 Å². The molecule has 0 radical (unpaired) electrons. The third-order valence-corrected chi connectivity index (χ3v) is 7.77. The number of rotatable bonds is 8. The Kier molecular flexibility index (Phi) is 7.60. The quantitative estimate of drug-likeness (QED) is 0.269. The van der Waals surface area contributed by atoms with Crippen molar-refractivity contribution in [2.75, 3.05) is 18.5 Å². The molecule has 0 spiro atoms. The summed E-state index contributed by atoms with van der Waals surface area (Å²) >= 11 is 0. The van der Waals surface area contributed by atoms with Crippen LogP contribution in [0.4, 0.5) is 15.8 Å². The van der Waals surface area contributed by atoms with E-state index in [4.69, 9.17) is 4.74 Å². The molecule has 37 heavy (non-hydrogen) atoms. The van der Waals surface area contributed by atoms with E-state index in [2.05, 4.69) is 5.32 Å². The SMILES string of the molecule is O=C(COC(=O)CC1c2ccccc2CCN1S(=O)(=O)c1ccc(F)cc1)Nc1cccc([N+](=O)[O-])c1. The average Bonchev–Trinajstić information content (AvgIpc) is 2.88. The van der Waals surface area contributed by atoms with Crippen LogP contribution in [0.2, 0.25) is 0 Å². The number of benzene rings is 3. The minimum absolute atomic E-state index is 0.0991. The number of nitrogens with one attached hydrogen (secondary N) is 1. The van der Waals surface area contributed by atoms with Crippen LogP contribution in [-0.4, -0.2) is 42.7 Å². The zero-order valence-corrected chi connectivity index (χ0v) is 20.2. The fraction of sp³-hybridized carbons (Fsp3) is 0.200. The molecule has 3 aromatic rings. The second-order valence-corrected chi connectivity index (χ2v) is 10.1. The molecule has 1 N–H and O–H groups in total. The number of esters is 1. The highest BCUT2D eigenvalue weighted by molar-refractivity contribution is 7.89. The number of non-ortho nitro benzene ring substituents is 1. The first-order chi connectivity index (χ1) is 17.6. The second-order valence-electron chi connectivity index (χ2n) is 8.25. The molecule has 0 aliphatic carbocycles. The maximum atomic E-state index is 13.4. The van der Waals surface area contributed by atoms with Gasteiger partial charge in [-0.2, -0.15) is 4.31 Å². The van der Waals surface area contributed by atoms with Gasteiger partial charge in [0.25, 0.3) is 11.6 Å². The first-order valence-corrected chi connectivity index (χ1v) is 12.6. The first-order valence-electron chi connectivity index (χ1n) is 11.2. The van der Waals surface area contributed by atoms with Gasteiger partial charge >= 0.3 is 5.97 Å². The summed E-state index contributed by atoms with van der Waals surface area (Å²) in [6.07, 6.45) is 0.0648. The fourth-order valence-corrected chi connectivity index (χ4v) is 5.73. The minimum Gasteiger partial charge on any atom is -0.456 e. The molecule has 0 aromatic heterocycles. The Morgan fingerprint density at radius 3 is 2.54 bits per heavy atom. The van der Waals surface area contributed by atoms with Crippen LogP contribution in [0, 0.1) is 15.9 Å². The summed E-state index contributed by atoms with van der Waals surface area (Å²) in [7, 11) is -4.07. The summed E-state index contributed by atoms with van der Waals surface area (Å²) in [6, 6.07) is 15.9. The van der Waals surface area contributed by atoms with Gasteiger partial charge in [-0.25, -0.2) is 12.8 Å². The van der Waals surface area contributed by atoms with E-state index in [1.807, 2.05) is 12.1 Å². The maximum Gasteiger partial charge on any atom is 0.308 e. The number of hydrogen-bond donors (Lipinski definition) is 1. The number of nitro benzene ring substituents is 1. The number of amides is 1. The maximum absolute atomic E-state index is 13.4. The minimum atomic E-state index is -4.07. The molecule has 1 unspecified atom stereocenters. The Morgan fingerprint density at radius 2 is 1.81 bits per heavy atom. The van der Waals surface area contributed by atoms with Crippen molar-refractivity contribution in [3.63, 3.8) is 0 Å². The van der Waals surface area contributed by atoms with E-state index in [9.17, 15) is 32.5 Å². The Bertz CT molecular complexity index is 1440. The van der Waals surface area contributed by atoms with E-state index in [-0.39, 0.29) is 29.2 Å². The molecule has 0 bridgehead atoms. The average molecular weight is 528 g/mol. The smallest absolute Gasteiger partial charge is 0.308 e. The van der Waals surface area contributed by atoms with Gasteiger partial charge in [-0.15, -0.1) is 0 Å². The lowest BCUT2D eigenvalue weighted by atomic mass is 9.92. The Labute approximate surface area is 211 Å². The van der Waals surface area contributed by atoms with Crippen molar-refractivity contribution in [3.8, 4) is 0 Å². The highest BCUT2D eigenvalue weighted by Gasteiger charge is 2.38. The molecule has 12 heteroatoms. The standard InChI is InChI=1S/C25H22FN3O7S/c26-18-8-10-21(11-9-18)37(34,35)28-13-12-17-4-1-2-7-22(17)23(28)15-25(31)36-16-24(30)27-19-5-3-6-20(14-19)29(32)33/h1-11,14,23H,12-13,15-16H2,(H,27,30). The van der Waals surface area contributed by atoms with Gasteiger partial charge in [-0.1, -0.05) is 30.3 Å². The number of fused-ring (bicyclic) bond motifs is 1. The van der Waals surface area contributed by atoms with E-state index >= 15 is 0 Å². The van der Waals surface area contributed by atoms with Crippen molar-refractivity contribution in [1.82, 2.24) is 4.31 Å². The van der Waals surface area contributed by atoms with Crippen LogP contribution in [0.3, 0.4) is 0 Å². The molecule has 10 nitrogen and oxygen atoms in total. The molecule has 1 aliphatic heterocycles. The summed E-state index contributed by atoms with van der Waals surface area (Å²) in [5.41, 5.74) is 1.47. The number of anilines is 1. The van der Waals surface area contributed by atoms with Crippen LogP contribution in [0.1, 0.15) is 23.6 Å². The fourth-order valence-electron chi connectivity index (χ4n) is 4.13. The van der Waals surface area contributed by atoms with Crippen LogP contribution in [-0.2, 0) is 30.8 Å². The number of carbonyl (C=O) groups excluding carboxylic acids is 2. The summed E-state index contributed by atoms with van der Waals surface area (Å²) in [6.45, 7) is -0.567. The monoisotopic (exact) mass is 527 g/mol. The number of nitrogens with zero attached hydrogens (tertiary/aromatic N) is 2. The molecule has 0 saturated carbocycles. The van der Waals surface area contributed by atoms with Crippen LogP contribution in [0.25, 0.3) is 0 Å². The van der Waals surface area contributed by atoms with Crippen molar-refractivity contribution >= 4 is 33.3 Å². The zero-order valence-electron chi connectivity index (χ0n) is 19.4. The molecule has 192 valence electrons. The van der Waals surface area contributed by atoms with E-state index in [1.54, 1.807) is 12.1 Å². The molecule has 0 saturated heterocycles. The molecule has 1 aliphatic rings. The molecule has 4 rings (SSSR count). The van der Waals surface area contributed by atoms with Gasteiger partial charge in [0, 0.05) is 24.4 Å². The van der Waals surface area contributed by atoms with Gasteiger partial charge in [-0.05, 0) is 47.9 Å². The third-order valence-electron chi connectivity index (χ3n) is 5.85. The summed E-state index contributed by atoms with van der Waals surface area (Å²) in [4.78, 5) is 35.1. The van der Waals surface area contributed by atoms with Gasteiger partial charge in [0.1, 0.15) is 5.82 Å². The lowest BCUT2D eigenvalue weighted by Gasteiger charge is -2.36. The van der Waals surface area contributed by atoms with Crippen LogP contribution < -0.4 is 5.32 Å². The van der Waals surface area contributed by atoms with Gasteiger partial charge < -0.3 is 10.1 Å². The van der Waals surface area contributed by atoms with Crippen molar-refractivity contribution in [3.05, 3.63) is 99.9 Å². The molecular formula is C25H22FN3O7S. The van der Waals surface area contributed by atoms with Gasteiger partial charge in [0.15, 0.2) is 6.61 Å². The van der Waals surface area contributed by atoms with Crippen molar-refractivity contribution < 1.29 is 32.1 Å². The molecule has 1 atom stereocenters. The number of hydrogen-bond acceptors (Lipinski definition) is 7. The number of halogens is 1. The Hall–Kier alpha value is -4.16. The largest absolute Gasteiger partial charge is 0.456 e. The Morgan fingerprint density at radius 1 is 1.08 bits per heavy atom. The molecule has 1 heterocycles. The predicted octanol–water partition coefficient (Wildman–Crippen LogP) is 3.59. The van der Waals surface area contributed by atoms with Crippen molar-refractivity contribution in [2.45, 2.75) is 23.8 Å². The van der Waals surface area contributed by atoms with E-state index in [1.165, 1.54) is 34.6 Å². The topological polar surface area (TPSA) is 136 Å². The van der Waals surface area contributed by atoms with Crippen molar-refractivity contribution in [2.24, 2.45) is 0 Å². The lowest BCUT2D eigenvalue weighted by molar-refractivity contribution is -0.384. The van der Waals surface area contributed by atoms with E-state index < -0.39 is 45.3 Å². The second kappa shape index (κ2) is 10.8. The number of sulfonamides is 1. The Balaban J connectivity index is 1.48. The summed E-state index contributed by atoms with van der Waals surface area (Å²) in [5.74, 6) is -2.10. The summed E-state index contributed by atoms with van der Waals surface area (Å²) in [5, 5.41) is 13.3. The number of ether oxygens (including phenoxy) is 1. The lowest BCUT2D eigenvalue weighted by Crippen LogP contribution is -2.41. The number of nitro groups is 1. The molecule has 0 fully saturated rings. The third kappa shape index (κ3) is 5.98. The van der Waals surface area contributed by atoms with E-state index in [0.717, 1.165) is 23.8 Å². The number of carbonyl (C=O) groups is 2. The highest BCUT2D eigenvalue weighted by atomic mass is 32.2. The van der Waals surface area contributed by atoms with Crippen LogP contribution in [0.5, 0.6) is 0 Å². The van der Waals surface area contributed by atoms with Crippen LogP contribution >= 0.6 is 0 Å². The first kappa shape index (κ1) is 25.9. The normalized spacial score (nSPS) is 15.4. The van der Waals surface area contributed by atoms with Gasteiger partial charge in [0.2, 0.25) is 10.0 Å². The van der Waals surface area contributed by atoms with E-state index in [0.29, 0.717) is 12.0 Å². The van der Waals surface area contributed by atoms with Gasteiger partial charge in [-0.3, -0.25) is 19.7 Å². The molecule has 1 amide bonds. The molecule has 3 aromatic carbocycles. The zero-order chi connectivity index (χ0) is 26.6. The van der Waals surface area contributed by atoms with Crippen LogP contribution in [0.15, 0.2) is 77.7 Å².